The second-order valence-corrected chi connectivity index (χ2v) is 10.9. The molecule has 10 nitrogen and oxygen atoms in total. The highest BCUT2D eigenvalue weighted by molar-refractivity contribution is 6.05. The zero-order valence-electron chi connectivity index (χ0n) is 23.0. The van der Waals surface area contributed by atoms with Gasteiger partial charge in [-0.05, 0) is 61.9 Å². The summed E-state index contributed by atoms with van der Waals surface area (Å²) in [7, 11) is 0. The molecule has 41 heavy (non-hydrogen) atoms. The Morgan fingerprint density at radius 1 is 1.05 bits per heavy atom. The van der Waals surface area contributed by atoms with Crippen LogP contribution in [0.3, 0.4) is 0 Å². The van der Waals surface area contributed by atoms with Crippen molar-refractivity contribution in [3.05, 3.63) is 66.5 Å². The lowest BCUT2D eigenvalue weighted by molar-refractivity contribution is -0.117. The van der Waals surface area contributed by atoms with Crippen LogP contribution in [0, 0.1) is 18.8 Å². The van der Waals surface area contributed by atoms with E-state index in [0.717, 1.165) is 41.3 Å². The maximum Gasteiger partial charge on any atom is 0.407 e. The molecule has 6 rings (SSSR count). The highest BCUT2D eigenvalue weighted by Crippen LogP contribution is 2.41. The van der Waals surface area contributed by atoms with Crippen molar-refractivity contribution in [2.45, 2.75) is 39.2 Å². The van der Waals surface area contributed by atoms with Gasteiger partial charge in [-0.2, -0.15) is 0 Å². The maximum atomic E-state index is 12.7. The molecule has 2 aromatic heterocycles. The molecule has 0 unspecified atom stereocenters. The van der Waals surface area contributed by atoms with Gasteiger partial charge in [-0.3, -0.25) is 4.79 Å². The number of nitrogens with one attached hydrogen (secondary N) is 2. The summed E-state index contributed by atoms with van der Waals surface area (Å²) in [5.74, 6) is 2.01. The number of fused-ring (bicyclic) bond motifs is 1. The molecule has 2 aliphatic rings. The SMILES string of the molecule is Cc1ccc2c(NC(=O)[C@H]3C[C@@H]3C)cccc2c1Oc1ncccc1-c1ccnc(N[C@H]2CCCN(C(=O)O)C2)n1. The number of aromatic nitrogens is 3. The van der Waals surface area contributed by atoms with E-state index in [9.17, 15) is 14.7 Å². The zero-order valence-corrected chi connectivity index (χ0v) is 23.0. The third kappa shape index (κ3) is 5.63. The number of rotatable bonds is 7. The first-order chi connectivity index (χ1) is 19.9. The molecule has 1 aliphatic carbocycles. The maximum absolute atomic E-state index is 12.7. The molecule has 0 bridgehead atoms. The van der Waals surface area contributed by atoms with Crippen LogP contribution in [0.25, 0.3) is 22.0 Å². The van der Waals surface area contributed by atoms with Crippen LogP contribution >= 0.6 is 0 Å². The van der Waals surface area contributed by atoms with Crippen LogP contribution in [-0.4, -0.2) is 56.1 Å². The molecule has 4 aromatic rings. The number of amides is 2. The number of carboxylic acid groups (broad SMARTS) is 1. The van der Waals surface area contributed by atoms with E-state index in [4.69, 9.17) is 9.72 Å². The quantitative estimate of drug-likeness (QED) is 0.257. The number of hydrogen-bond acceptors (Lipinski definition) is 7. The van der Waals surface area contributed by atoms with Gasteiger partial charge < -0.3 is 25.4 Å². The van der Waals surface area contributed by atoms with Crippen molar-refractivity contribution in [3.63, 3.8) is 0 Å². The molecule has 2 fully saturated rings. The van der Waals surface area contributed by atoms with Crippen LogP contribution in [0.15, 0.2) is 60.9 Å². The summed E-state index contributed by atoms with van der Waals surface area (Å²) >= 11 is 0. The number of anilines is 2. The van der Waals surface area contributed by atoms with Crippen LogP contribution in [0.1, 0.15) is 31.7 Å². The standard InChI is InChI=1S/C31H32N6O4/c1-18-10-11-21-22(7-3-9-25(21)35-28(38)24-16-19(24)2)27(18)41-29-23(8-4-13-32-29)26-12-14-33-30(36-26)34-20-6-5-15-37(17-20)31(39)40/h3-4,7-14,19-20,24H,5-6,15-17H2,1-2H3,(H,35,38)(H,39,40)(H,33,34,36)/t19-,20-,24-/m0/s1. The van der Waals surface area contributed by atoms with Crippen molar-refractivity contribution < 1.29 is 19.4 Å². The lowest BCUT2D eigenvalue weighted by Crippen LogP contribution is -2.44. The Balaban J connectivity index is 1.28. The lowest BCUT2D eigenvalue weighted by atomic mass is 10.0. The van der Waals surface area contributed by atoms with Gasteiger partial charge in [-0.1, -0.05) is 31.2 Å². The fourth-order valence-electron chi connectivity index (χ4n) is 5.39. The number of piperidine rings is 1. The Bertz CT molecular complexity index is 1630. The lowest BCUT2D eigenvalue weighted by Gasteiger charge is -2.31. The van der Waals surface area contributed by atoms with E-state index >= 15 is 0 Å². The molecule has 3 N–H and O–H groups in total. The van der Waals surface area contributed by atoms with Gasteiger partial charge in [0.1, 0.15) is 5.75 Å². The number of nitrogens with zero attached hydrogens (tertiary/aromatic N) is 4. The molecule has 1 saturated heterocycles. The number of carbonyl (C=O) groups excluding carboxylic acids is 1. The summed E-state index contributed by atoms with van der Waals surface area (Å²) in [6, 6.07) is 15.2. The Labute approximate surface area is 237 Å². The average molecular weight is 553 g/mol. The van der Waals surface area contributed by atoms with E-state index in [2.05, 4.69) is 27.5 Å². The van der Waals surface area contributed by atoms with Gasteiger partial charge in [0.25, 0.3) is 0 Å². The molecule has 0 radical (unpaired) electrons. The topological polar surface area (TPSA) is 130 Å². The third-order valence-corrected chi connectivity index (χ3v) is 7.84. The van der Waals surface area contributed by atoms with Crippen molar-refractivity contribution in [1.29, 1.82) is 0 Å². The largest absolute Gasteiger partial charge is 0.465 e. The van der Waals surface area contributed by atoms with Crippen molar-refractivity contribution in [2.24, 2.45) is 11.8 Å². The molecule has 0 spiro atoms. The first-order valence-electron chi connectivity index (χ1n) is 13.9. The van der Waals surface area contributed by atoms with E-state index in [-0.39, 0.29) is 17.9 Å². The molecule has 3 heterocycles. The van der Waals surface area contributed by atoms with Crippen molar-refractivity contribution in [2.75, 3.05) is 23.7 Å². The number of carbonyl (C=O) groups is 2. The molecular weight excluding hydrogens is 520 g/mol. The van der Waals surface area contributed by atoms with Gasteiger partial charge in [0.2, 0.25) is 17.7 Å². The molecule has 2 aromatic carbocycles. The Morgan fingerprint density at radius 2 is 1.90 bits per heavy atom. The van der Waals surface area contributed by atoms with Crippen molar-refractivity contribution in [1.82, 2.24) is 19.9 Å². The number of benzene rings is 2. The molecule has 1 aliphatic heterocycles. The van der Waals surface area contributed by atoms with Gasteiger partial charge in [-0.25, -0.2) is 19.7 Å². The van der Waals surface area contributed by atoms with Gasteiger partial charge in [0, 0.05) is 53.9 Å². The first-order valence-corrected chi connectivity index (χ1v) is 13.9. The fourth-order valence-corrected chi connectivity index (χ4v) is 5.39. The smallest absolute Gasteiger partial charge is 0.407 e. The normalized spacial score (nSPS) is 20.0. The monoisotopic (exact) mass is 552 g/mol. The summed E-state index contributed by atoms with van der Waals surface area (Å²) in [5.41, 5.74) is 3.00. The van der Waals surface area contributed by atoms with Crippen molar-refractivity contribution in [3.8, 4) is 22.9 Å². The minimum Gasteiger partial charge on any atom is -0.465 e. The summed E-state index contributed by atoms with van der Waals surface area (Å²) in [5, 5.41) is 17.5. The Kier molecular flexibility index (Phi) is 7.13. The molecular formula is C31H32N6O4. The van der Waals surface area contributed by atoms with E-state index in [1.54, 1.807) is 18.5 Å². The number of ether oxygens (including phenoxy) is 1. The minimum absolute atomic E-state index is 0.0529. The van der Waals surface area contributed by atoms with Crippen LogP contribution < -0.4 is 15.4 Å². The molecule has 3 atom stereocenters. The molecule has 2 amide bonds. The van der Waals surface area contributed by atoms with Gasteiger partial charge in [0.15, 0.2) is 0 Å². The average Bonchev–Trinajstić information content (AvgIpc) is 3.72. The van der Waals surface area contributed by atoms with E-state index in [1.807, 2.05) is 49.4 Å². The predicted octanol–water partition coefficient (Wildman–Crippen LogP) is 5.94. The van der Waals surface area contributed by atoms with E-state index in [1.165, 1.54) is 4.90 Å². The number of likely N-dealkylation sites (tertiary alicyclic amines) is 1. The zero-order chi connectivity index (χ0) is 28.5. The van der Waals surface area contributed by atoms with Gasteiger partial charge in [-0.15, -0.1) is 0 Å². The van der Waals surface area contributed by atoms with Crippen molar-refractivity contribution >= 4 is 34.4 Å². The van der Waals surface area contributed by atoms with E-state index in [0.29, 0.717) is 47.8 Å². The summed E-state index contributed by atoms with van der Waals surface area (Å²) in [4.78, 5) is 39.1. The van der Waals surface area contributed by atoms with Gasteiger partial charge in [0.05, 0.1) is 11.3 Å². The van der Waals surface area contributed by atoms with Crippen LogP contribution in [0.2, 0.25) is 0 Å². The van der Waals surface area contributed by atoms with Crippen LogP contribution in [-0.2, 0) is 4.79 Å². The summed E-state index contributed by atoms with van der Waals surface area (Å²) in [6.45, 7) is 4.98. The Morgan fingerprint density at radius 3 is 2.71 bits per heavy atom. The highest BCUT2D eigenvalue weighted by atomic mass is 16.5. The number of hydrogen-bond donors (Lipinski definition) is 3. The molecule has 10 heteroatoms. The van der Waals surface area contributed by atoms with Crippen LogP contribution in [0.5, 0.6) is 11.6 Å². The predicted molar refractivity (Wildman–Crippen MR) is 156 cm³/mol. The first kappa shape index (κ1) is 26.5. The highest BCUT2D eigenvalue weighted by Gasteiger charge is 2.39. The second kappa shape index (κ2) is 11.0. The molecule has 1 saturated carbocycles. The van der Waals surface area contributed by atoms with Crippen LogP contribution in [0.4, 0.5) is 16.4 Å². The van der Waals surface area contributed by atoms with Gasteiger partial charge >= 0.3 is 6.09 Å². The fraction of sp³-hybridized carbons (Fsp3) is 0.323. The molecule has 210 valence electrons. The van der Waals surface area contributed by atoms with E-state index < -0.39 is 6.09 Å². The summed E-state index contributed by atoms with van der Waals surface area (Å²) < 4.78 is 6.50. The number of pyridine rings is 1. The third-order valence-electron chi connectivity index (χ3n) is 7.84. The minimum atomic E-state index is -0.918. The Hall–Kier alpha value is -4.73. The second-order valence-electron chi connectivity index (χ2n) is 10.9. The summed E-state index contributed by atoms with van der Waals surface area (Å²) in [6.07, 6.45) is 4.96. The number of aryl methyl sites for hydroxylation is 1.